The summed E-state index contributed by atoms with van der Waals surface area (Å²) >= 11 is 11.8. The Morgan fingerprint density at radius 1 is 1.00 bits per heavy atom. The topological polar surface area (TPSA) is 111 Å². The lowest BCUT2D eigenvalue weighted by molar-refractivity contribution is -0.140. The molecular formula is C20H18Cl2N2O7S. The number of sulfonamides is 1. The maximum Gasteiger partial charge on any atom is 0.355 e. The largest absolute Gasteiger partial charge is 0.466 e. The van der Waals surface area contributed by atoms with Crippen molar-refractivity contribution in [3.8, 4) is 0 Å². The Labute approximate surface area is 194 Å². The first-order valence-corrected chi connectivity index (χ1v) is 11.2. The standard InChI is InChI=1S/C20H18Cl2N2O7S/c1-29-19(25)17-10-31-11-24(18(17)20(26)30-2)15-3-5-16(6-4-15)32(27,28)23-14-8-12(21)7-13(22)9-14/h3-9,23H,10-11H2,1-2H3. The lowest BCUT2D eigenvalue weighted by Gasteiger charge is -2.31. The van der Waals surface area contributed by atoms with E-state index in [9.17, 15) is 18.0 Å². The van der Waals surface area contributed by atoms with Gasteiger partial charge >= 0.3 is 11.9 Å². The van der Waals surface area contributed by atoms with Crippen LogP contribution in [-0.2, 0) is 33.8 Å². The first-order valence-electron chi connectivity index (χ1n) is 9.00. The lowest BCUT2D eigenvalue weighted by Crippen LogP contribution is -2.38. The van der Waals surface area contributed by atoms with Crippen LogP contribution in [0.5, 0.6) is 0 Å². The van der Waals surface area contributed by atoms with Gasteiger partial charge in [0, 0.05) is 15.7 Å². The maximum atomic E-state index is 12.7. The minimum atomic E-state index is -3.95. The van der Waals surface area contributed by atoms with Crippen LogP contribution in [0, 0.1) is 0 Å². The molecule has 0 saturated heterocycles. The second kappa shape index (κ2) is 9.78. The zero-order valence-electron chi connectivity index (χ0n) is 16.9. The molecule has 0 amide bonds. The minimum absolute atomic E-state index is 0.0122. The van der Waals surface area contributed by atoms with E-state index in [2.05, 4.69) is 4.72 Å². The fourth-order valence-electron chi connectivity index (χ4n) is 2.98. The van der Waals surface area contributed by atoms with Crippen LogP contribution in [0.25, 0.3) is 0 Å². The Bertz CT molecular complexity index is 1160. The average molecular weight is 501 g/mol. The highest BCUT2D eigenvalue weighted by Gasteiger charge is 2.32. The summed E-state index contributed by atoms with van der Waals surface area (Å²) in [6.45, 7) is -0.192. The molecule has 32 heavy (non-hydrogen) atoms. The summed E-state index contributed by atoms with van der Waals surface area (Å²) in [5, 5.41) is 0.554. The van der Waals surface area contributed by atoms with Crippen molar-refractivity contribution in [1.29, 1.82) is 0 Å². The SMILES string of the molecule is COC(=O)C1=C(C(=O)OC)N(c2ccc(S(=O)(=O)Nc3cc(Cl)cc(Cl)c3)cc2)COC1. The molecule has 0 unspecified atom stereocenters. The summed E-state index contributed by atoms with van der Waals surface area (Å²) in [6, 6.07) is 9.93. The fraction of sp³-hybridized carbons (Fsp3) is 0.200. The number of ether oxygens (including phenoxy) is 3. The molecule has 2 aromatic rings. The number of anilines is 2. The Morgan fingerprint density at radius 2 is 1.59 bits per heavy atom. The van der Waals surface area contributed by atoms with E-state index in [1.807, 2.05) is 0 Å². The molecule has 1 N–H and O–H groups in total. The van der Waals surface area contributed by atoms with Gasteiger partial charge in [0.05, 0.1) is 37.0 Å². The third-order valence-corrected chi connectivity index (χ3v) is 6.24. The molecule has 0 radical (unpaired) electrons. The number of carbonyl (C=O) groups is 2. The number of hydrogen-bond acceptors (Lipinski definition) is 8. The number of esters is 2. The van der Waals surface area contributed by atoms with Gasteiger partial charge in [-0.25, -0.2) is 18.0 Å². The summed E-state index contributed by atoms with van der Waals surface area (Å²) < 4.78 is 42.8. The molecule has 2 aromatic carbocycles. The van der Waals surface area contributed by atoms with E-state index in [4.69, 9.17) is 37.4 Å². The predicted molar refractivity (Wildman–Crippen MR) is 118 cm³/mol. The van der Waals surface area contributed by atoms with Crippen LogP contribution in [0.2, 0.25) is 10.0 Å². The van der Waals surface area contributed by atoms with Gasteiger partial charge in [0.2, 0.25) is 0 Å². The number of benzene rings is 2. The van der Waals surface area contributed by atoms with Crippen molar-refractivity contribution in [3.05, 3.63) is 63.8 Å². The molecule has 1 aliphatic heterocycles. The summed E-state index contributed by atoms with van der Waals surface area (Å²) in [7, 11) is -1.59. The molecule has 0 aliphatic carbocycles. The van der Waals surface area contributed by atoms with Gasteiger partial charge in [0.25, 0.3) is 10.0 Å². The highest BCUT2D eigenvalue weighted by Crippen LogP contribution is 2.29. The molecule has 0 spiro atoms. The van der Waals surface area contributed by atoms with Crippen LogP contribution < -0.4 is 9.62 Å². The first kappa shape index (κ1) is 23.9. The molecule has 170 valence electrons. The molecule has 12 heteroatoms. The van der Waals surface area contributed by atoms with Crippen LogP contribution in [-0.4, -0.2) is 47.9 Å². The van der Waals surface area contributed by atoms with Gasteiger partial charge in [-0.3, -0.25) is 4.72 Å². The van der Waals surface area contributed by atoms with E-state index in [1.165, 1.54) is 61.6 Å². The van der Waals surface area contributed by atoms with Crippen LogP contribution >= 0.6 is 23.2 Å². The van der Waals surface area contributed by atoms with E-state index in [0.29, 0.717) is 5.69 Å². The summed E-state index contributed by atoms with van der Waals surface area (Å²) in [4.78, 5) is 25.8. The number of nitrogens with zero attached hydrogens (tertiary/aromatic N) is 1. The fourth-order valence-corrected chi connectivity index (χ4v) is 4.55. The molecule has 0 saturated carbocycles. The van der Waals surface area contributed by atoms with Crippen molar-refractivity contribution >= 4 is 56.5 Å². The maximum absolute atomic E-state index is 12.7. The molecule has 0 aromatic heterocycles. The zero-order chi connectivity index (χ0) is 23.5. The van der Waals surface area contributed by atoms with Gasteiger partial charge in [-0.2, -0.15) is 0 Å². The molecule has 1 heterocycles. The summed E-state index contributed by atoms with van der Waals surface area (Å²) in [6.07, 6.45) is 0. The number of methoxy groups -OCH3 is 2. The first-order chi connectivity index (χ1) is 15.2. The van der Waals surface area contributed by atoms with Crippen molar-refractivity contribution in [3.63, 3.8) is 0 Å². The van der Waals surface area contributed by atoms with Crippen molar-refractivity contribution < 1.29 is 32.2 Å². The Kier molecular flexibility index (Phi) is 7.29. The van der Waals surface area contributed by atoms with Gasteiger partial charge in [0.15, 0.2) is 0 Å². The van der Waals surface area contributed by atoms with Crippen molar-refractivity contribution in [2.24, 2.45) is 0 Å². The van der Waals surface area contributed by atoms with Gasteiger partial charge in [-0.1, -0.05) is 23.2 Å². The predicted octanol–water partition coefficient (Wildman–Crippen LogP) is 3.19. The normalized spacial score (nSPS) is 14.2. The molecule has 0 bridgehead atoms. The molecular weight excluding hydrogens is 483 g/mol. The molecule has 9 nitrogen and oxygen atoms in total. The van der Waals surface area contributed by atoms with E-state index < -0.39 is 22.0 Å². The lowest BCUT2D eigenvalue weighted by atomic mass is 10.1. The summed E-state index contributed by atoms with van der Waals surface area (Å²) in [5.74, 6) is -1.50. The molecule has 0 fully saturated rings. The summed E-state index contributed by atoms with van der Waals surface area (Å²) in [5.41, 5.74) is 0.542. The van der Waals surface area contributed by atoms with Crippen molar-refractivity contribution in [2.75, 3.05) is 37.2 Å². The van der Waals surface area contributed by atoms with Crippen LogP contribution in [0.1, 0.15) is 0 Å². The monoisotopic (exact) mass is 500 g/mol. The second-order valence-electron chi connectivity index (χ2n) is 6.47. The molecule has 1 aliphatic rings. The average Bonchev–Trinajstić information content (AvgIpc) is 2.76. The number of halogens is 2. The Balaban J connectivity index is 1.92. The van der Waals surface area contributed by atoms with Crippen molar-refractivity contribution in [2.45, 2.75) is 4.90 Å². The van der Waals surface area contributed by atoms with Gasteiger partial charge in [-0.15, -0.1) is 0 Å². The van der Waals surface area contributed by atoms with E-state index in [0.717, 1.165) is 0 Å². The quantitative estimate of drug-likeness (QED) is 0.601. The minimum Gasteiger partial charge on any atom is -0.466 e. The van der Waals surface area contributed by atoms with E-state index in [1.54, 1.807) is 0 Å². The number of rotatable bonds is 6. The van der Waals surface area contributed by atoms with Gasteiger partial charge in [-0.05, 0) is 42.5 Å². The molecule has 0 atom stereocenters. The smallest absolute Gasteiger partial charge is 0.355 e. The Morgan fingerprint density at radius 3 is 2.16 bits per heavy atom. The van der Waals surface area contributed by atoms with E-state index >= 15 is 0 Å². The third-order valence-electron chi connectivity index (χ3n) is 4.41. The zero-order valence-corrected chi connectivity index (χ0v) is 19.3. The highest BCUT2D eigenvalue weighted by atomic mass is 35.5. The van der Waals surface area contributed by atoms with Gasteiger partial charge in [0.1, 0.15) is 12.4 Å². The molecule has 3 rings (SSSR count). The third kappa shape index (κ3) is 5.16. The number of carbonyl (C=O) groups excluding carboxylic acids is 2. The van der Waals surface area contributed by atoms with Crippen molar-refractivity contribution in [1.82, 2.24) is 0 Å². The highest BCUT2D eigenvalue weighted by molar-refractivity contribution is 7.92. The van der Waals surface area contributed by atoms with Crippen LogP contribution in [0.15, 0.2) is 58.6 Å². The Hall–Kier alpha value is -2.79. The van der Waals surface area contributed by atoms with E-state index in [-0.39, 0.29) is 45.2 Å². The number of hydrogen-bond donors (Lipinski definition) is 1. The number of nitrogens with one attached hydrogen (secondary N) is 1. The van der Waals surface area contributed by atoms with Gasteiger partial charge < -0.3 is 19.1 Å². The van der Waals surface area contributed by atoms with Crippen LogP contribution in [0.4, 0.5) is 11.4 Å². The second-order valence-corrected chi connectivity index (χ2v) is 9.03. The van der Waals surface area contributed by atoms with Crippen LogP contribution in [0.3, 0.4) is 0 Å².